The van der Waals surface area contributed by atoms with Crippen molar-refractivity contribution in [1.82, 2.24) is 14.7 Å². The van der Waals surface area contributed by atoms with Crippen LogP contribution in [-0.4, -0.2) is 86.6 Å². The first-order chi connectivity index (χ1) is 14.1. The summed E-state index contributed by atoms with van der Waals surface area (Å²) in [5.41, 5.74) is 0. The van der Waals surface area contributed by atoms with Crippen LogP contribution in [0.1, 0.15) is 39.5 Å². The maximum atomic E-state index is 11.0. The minimum absolute atomic E-state index is 0.0255. The van der Waals surface area contributed by atoms with E-state index in [1.807, 2.05) is 0 Å². The number of thiol groups is 2. The van der Waals surface area contributed by atoms with Crippen LogP contribution < -0.4 is 0 Å². The predicted molar refractivity (Wildman–Crippen MR) is 112 cm³/mol. The molecule has 166 valence electrons. The topological polar surface area (TPSA) is 129 Å². The van der Waals surface area contributed by atoms with Gasteiger partial charge in [0.2, 0.25) is 35.4 Å². The number of imide groups is 3. The van der Waals surface area contributed by atoms with Crippen LogP contribution in [0.3, 0.4) is 0 Å². The van der Waals surface area contributed by atoms with E-state index < -0.39 is 10.5 Å². The van der Waals surface area contributed by atoms with E-state index in [1.54, 1.807) is 13.8 Å². The molecular formula is C18H25N3O7S2. The van der Waals surface area contributed by atoms with Crippen molar-refractivity contribution in [3.63, 3.8) is 0 Å². The molecule has 0 bridgehead atoms. The van der Waals surface area contributed by atoms with Crippen molar-refractivity contribution in [2.45, 2.75) is 50.0 Å². The smallest absolute Gasteiger partial charge is 0.242 e. The molecule has 3 saturated heterocycles. The van der Waals surface area contributed by atoms with E-state index in [1.165, 1.54) is 9.80 Å². The first kappa shape index (κ1) is 25.8. The van der Waals surface area contributed by atoms with Gasteiger partial charge in [-0.1, -0.05) is 0 Å². The molecule has 3 aliphatic heterocycles. The van der Waals surface area contributed by atoms with Gasteiger partial charge in [-0.05, 0) is 13.8 Å². The second-order valence-corrected chi connectivity index (χ2v) is 7.70. The number of amides is 6. The van der Waals surface area contributed by atoms with Crippen LogP contribution in [0, 0.1) is 0 Å². The third kappa shape index (κ3) is 6.39. The van der Waals surface area contributed by atoms with Crippen LogP contribution in [0.2, 0.25) is 0 Å². The molecule has 12 heteroatoms. The predicted octanol–water partition coefficient (Wildman–Crippen LogP) is -0.538. The molecule has 3 fully saturated rings. The molecule has 0 N–H and O–H groups in total. The highest BCUT2D eigenvalue weighted by atomic mass is 32.1. The number of rotatable bonds is 4. The molecule has 3 heterocycles. The maximum absolute atomic E-state index is 11.0. The quantitative estimate of drug-likeness (QED) is 0.328. The minimum Gasteiger partial charge on any atom is -0.301 e. The molecule has 2 unspecified atom stereocenters. The van der Waals surface area contributed by atoms with Crippen molar-refractivity contribution in [2.75, 3.05) is 19.6 Å². The van der Waals surface area contributed by atoms with Crippen LogP contribution in [0.25, 0.3) is 0 Å². The van der Waals surface area contributed by atoms with E-state index in [4.69, 9.17) is 0 Å². The Labute approximate surface area is 185 Å². The van der Waals surface area contributed by atoms with Crippen LogP contribution in [0.4, 0.5) is 0 Å². The molecule has 0 aromatic carbocycles. The fourth-order valence-corrected chi connectivity index (χ4v) is 3.50. The summed E-state index contributed by atoms with van der Waals surface area (Å²) in [7, 11) is 0. The lowest BCUT2D eigenvalue weighted by molar-refractivity contribution is -0.140. The van der Waals surface area contributed by atoms with E-state index >= 15 is 0 Å². The highest BCUT2D eigenvalue weighted by molar-refractivity contribution is 7.82. The molecule has 6 amide bonds. The lowest BCUT2D eigenvalue weighted by Crippen LogP contribution is -2.32. The summed E-state index contributed by atoms with van der Waals surface area (Å²) in [5.74, 6) is -0.999. The van der Waals surface area contributed by atoms with Crippen molar-refractivity contribution in [3.8, 4) is 0 Å². The number of hydrogen-bond donors (Lipinski definition) is 2. The highest BCUT2D eigenvalue weighted by Crippen LogP contribution is 2.17. The third-order valence-corrected chi connectivity index (χ3v) is 5.29. The van der Waals surface area contributed by atoms with E-state index in [2.05, 4.69) is 25.3 Å². The normalized spacial score (nSPS) is 23.5. The standard InChI is InChI=1S/C6H7NO3S.C6H9NO2S.C6H9NO2/c8-2-1-7-5(9)3-4(11)6(7)10;1-2-7-5(8)3-4(10)6(7)9;1-2-7-5(8)3-4-6(7)9/h2,4,11H,1,3H2;4,10H,2-3H2,1H3;2-4H2,1H3. The SMILES string of the molecule is CCN1C(=O)CC(S)C1=O.CCN1C(=O)CCC1=O.O=CCN1C(=O)CC(S)C1=O. The molecule has 10 nitrogen and oxygen atoms in total. The van der Waals surface area contributed by atoms with Crippen LogP contribution >= 0.6 is 25.3 Å². The Morgan fingerprint density at radius 1 is 0.733 bits per heavy atom. The molecule has 3 aliphatic rings. The maximum Gasteiger partial charge on any atom is 0.242 e. The lowest BCUT2D eigenvalue weighted by atomic mass is 10.4. The molecule has 0 aromatic heterocycles. The van der Waals surface area contributed by atoms with Gasteiger partial charge < -0.3 is 4.79 Å². The Bertz CT molecular complexity index is 727. The minimum atomic E-state index is -0.553. The Morgan fingerprint density at radius 2 is 1.13 bits per heavy atom. The number of likely N-dealkylation sites (tertiary alicyclic amines) is 3. The van der Waals surface area contributed by atoms with Gasteiger partial charge >= 0.3 is 0 Å². The Kier molecular flexibility index (Phi) is 10.2. The molecule has 0 aliphatic carbocycles. The van der Waals surface area contributed by atoms with Gasteiger partial charge in [-0.3, -0.25) is 43.5 Å². The fourth-order valence-electron chi connectivity index (χ4n) is 2.91. The zero-order valence-corrected chi connectivity index (χ0v) is 18.6. The number of carbonyl (C=O) groups excluding carboxylic acids is 7. The summed E-state index contributed by atoms with van der Waals surface area (Å²) in [6, 6.07) is 0. The zero-order valence-electron chi connectivity index (χ0n) is 16.8. The number of hydrogen-bond acceptors (Lipinski definition) is 9. The number of aldehydes is 1. The second kappa shape index (κ2) is 11.8. The molecule has 30 heavy (non-hydrogen) atoms. The number of nitrogens with zero attached hydrogens (tertiary/aromatic N) is 3. The Morgan fingerprint density at radius 3 is 1.37 bits per heavy atom. The largest absolute Gasteiger partial charge is 0.301 e. The van der Waals surface area contributed by atoms with Crippen molar-refractivity contribution < 1.29 is 33.6 Å². The van der Waals surface area contributed by atoms with Gasteiger partial charge in [-0.2, -0.15) is 25.3 Å². The monoisotopic (exact) mass is 459 g/mol. The van der Waals surface area contributed by atoms with E-state index in [-0.39, 0.29) is 54.8 Å². The molecule has 0 spiro atoms. The average molecular weight is 460 g/mol. The first-order valence-corrected chi connectivity index (χ1v) is 10.4. The van der Waals surface area contributed by atoms with Crippen molar-refractivity contribution in [2.24, 2.45) is 0 Å². The third-order valence-electron chi connectivity index (χ3n) is 4.48. The molecule has 3 rings (SSSR count). The summed E-state index contributed by atoms with van der Waals surface area (Å²) < 4.78 is 0. The van der Waals surface area contributed by atoms with Gasteiger partial charge in [0.05, 0.1) is 17.0 Å². The molecule has 0 saturated carbocycles. The first-order valence-electron chi connectivity index (χ1n) is 9.40. The van der Waals surface area contributed by atoms with Gasteiger partial charge in [0.15, 0.2) is 0 Å². The fraction of sp³-hybridized carbons (Fsp3) is 0.611. The van der Waals surface area contributed by atoms with Gasteiger partial charge in [-0.15, -0.1) is 0 Å². The van der Waals surface area contributed by atoms with Gasteiger partial charge in [-0.25, -0.2) is 0 Å². The summed E-state index contributed by atoms with van der Waals surface area (Å²) in [6.07, 6.45) is 1.71. The van der Waals surface area contributed by atoms with Crippen molar-refractivity contribution in [1.29, 1.82) is 0 Å². The summed E-state index contributed by atoms with van der Waals surface area (Å²) >= 11 is 7.82. The summed E-state index contributed by atoms with van der Waals surface area (Å²) in [5, 5.41) is -0.949. The van der Waals surface area contributed by atoms with Crippen LogP contribution in [-0.2, 0) is 33.6 Å². The Balaban J connectivity index is 0.000000226. The second-order valence-electron chi connectivity index (χ2n) is 6.46. The van der Waals surface area contributed by atoms with E-state index in [0.29, 0.717) is 32.2 Å². The zero-order chi connectivity index (χ0) is 23.0. The molecule has 0 radical (unpaired) electrons. The van der Waals surface area contributed by atoms with Gasteiger partial charge in [0, 0.05) is 38.8 Å². The van der Waals surface area contributed by atoms with Gasteiger partial charge in [0.1, 0.15) is 6.29 Å². The molecular weight excluding hydrogens is 434 g/mol. The number of carbonyl (C=O) groups is 7. The Hall–Kier alpha value is -2.21. The van der Waals surface area contributed by atoms with Crippen molar-refractivity contribution >= 4 is 67.0 Å². The van der Waals surface area contributed by atoms with Crippen molar-refractivity contribution in [3.05, 3.63) is 0 Å². The average Bonchev–Trinajstić information content (AvgIpc) is 3.24. The van der Waals surface area contributed by atoms with Gasteiger partial charge in [0.25, 0.3) is 0 Å². The van der Waals surface area contributed by atoms with Crippen LogP contribution in [0.15, 0.2) is 0 Å². The summed E-state index contributed by atoms with van der Waals surface area (Å²) in [4.78, 5) is 78.6. The van der Waals surface area contributed by atoms with E-state index in [0.717, 1.165) is 4.90 Å². The molecule has 0 aromatic rings. The lowest BCUT2D eigenvalue weighted by Gasteiger charge is -2.08. The highest BCUT2D eigenvalue weighted by Gasteiger charge is 2.36. The summed E-state index contributed by atoms with van der Waals surface area (Å²) in [6.45, 7) is 4.43. The van der Waals surface area contributed by atoms with E-state index in [9.17, 15) is 33.6 Å². The molecule has 2 atom stereocenters. The van der Waals surface area contributed by atoms with Crippen LogP contribution in [0.5, 0.6) is 0 Å².